The molecule has 3 rings (SSSR count). The largest absolute Gasteiger partial charge is 0.469 e. The summed E-state index contributed by atoms with van der Waals surface area (Å²) in [5.74, 6) is 1.10. The maximum absolute atomic E-state index is 12.4. The van der Waals surface area contributed by atoms with Gasteiger partial charge in [-0.3, -0.25) is 9.59 Å². The van der Waals surface area contributed by atoms with Gasteiger partial charge in [0.05, 0.1) is 18.5 Å². The van der Waals surface area contributed by atoms with Gasteiger partial charge in [-0.2, -0.15) is 5.10 Å². The molecular weight excluding hydrogens is 280 g/mol. The molecule has 0 N–H and O–H groups in total. The highest BCUT2D eigenvalue weighted by Crippen LogP contribution is 2.70. The van der Waals surface area contributed by atoms with Crippen LogP contribution in [0.4, 0.5) is 0 Å². The van der Waals surface area contributed by atoms with Gasteiger partial charge in [-0.15, -0.1) is 0 Å². The highest BCUT2D eigenvalue weighted by atomic mass is 16.5. The number of aromatic nitrogens is 2. The summed E-state index contributed by atoms with van der Waals surface area (Å²) < 4.78 is 6.23. The van der Waals surface area contributed by atoms with E-state index in [1.54, 1.807) is 4.68 Å². The smallest absolute Gasteiger partial charge is 0.305 e. The Morgan fingerprint density at radius 3 is 2.68 bits per heavy atom. The number of unbranched alkanes of at least 4 members (excludes halogenated alkanes) is 1. The van der Waals surface area contributed by atoms with Crippen LogP contribution in [-0.4, -0.2) is 28.8 Å². The third-order valence-electron chi connectivity index (χ3n) is 5.47. The quantitative estimate of drug-likeness (QED) is 0.620. The number of hydrogen-bond acceptors (Lipinski definition) is 4. The molecule has 2 aliphatic carbocycles. The van der Waals surface area contributed by atoms with E-state index in [1.165, 1.54) is 12.7 Å². The highest BCUT2D eigenvalue weighted by Gasteiger charge is 2.63. The van der Waals surface area contributed by atoms with Gasteiger partial charge in [0.25, 0.3) is 0 Å². The minimum Gasteiger partial charge on any atom is -0.469 e. The number of carbonyl (C=O) groups excluding carboxylic acids is 2. The fourth-order valence-corrected chi connectivity index (χ4v) is 4.05. The summed E-state index contributed by atoms with van der Waals surface area (Å²) in [6.07, 6.45) is 3.16. The van der Waals surface area contributed by atoms with Crippen LogP contribution >= 0.6 is 0 Å². The van der Waals surface area contributed by atoms with E-state index in [9.17, 15) is 9.59 Å². The summed E-state index contributed by atoms with van der Waals surface area (Å²) in [6.45, 7) is 6.62. The van der Waals surface area contributed by atoms with Gasteiger partial charge in [0.2, 0.25) is 5.91 Å². The predicted molar refractivity (Wildman–Crippen MR) is 81.8 cm³/mol. The van der Waals surface area contributed by atoms with Crippen LogP contribution in [0.5, 0.6) is 0 Å². The first-order valence-corrected chi connectivity index (χ1v) is 8.06. The normalized spacial score (nSPS) is 23.8. The highest BCUT2D eigenvalue weighted by molar-refractivity contribution is 5.79. The van der Waals surface area contributed by atoms with E-state index in [0.29, 0.717) is 42.9 Å². The Balaban J connectivity index is 1.62. The topological polar surface area (TPSA) is 61.2 Å². The SMILES string of the molecule is COC(=O)CCCCC(=O)n1nc(C)c2c1C[C@H]1[C@H]2C1(C)C. The number of aryl methyl sites for hydroxylation is 1. The monoisotopic (exact) mass is 304 g/mol. The Labute approximate surface area is 131 Å². The molecule has 2 aliphatic rings. The molecule has 0 aliphatic heterocycles. The third kappa shape index (κ3) is 2.27. The fraction of sp³-hybridized carbons (Fsp3) is 0.706. The fourth-order valence-electron chi connectivity index (χ4n) is 4.05. The van der Waals surface area contributed by atoms with Gasteiger partial charge in [0, 0.05) is 18.4 Å². The van der Waals surface area contributed by atoms with Gasteiger partial charge in [-0.05, 0) is 43.4 Å². The van der Waals surface area contributed by atoms with Crippen molar-refractivity contribution in [3.8, 4) is 0 Å². The lowest BCUT2D eigenvalue weighted by molar-refractivity contribution is -0.140. The van der Waals surface area contributed by atoms with Gasteiger partial charge in [-0.1, -0.05) is 13.8 Å². The van der Waals surface area contributed by atoms with Crippen LogP contribution in [0.3, 0.4) is 0 Å². The molecular formula is C17H24N2O3. The summed E-state index contributed by atoms with van der Waals surface area (Å²) in [7, 11) is 1.39. The van der Waals surface area contributed by atoms with Crippen LogP contribution in [0.2, 0.25) is 0 Å². The third-order valence-corrected chi connectivity index (χ3v) is 5.47. The summed E-state index contributed by atoms with van der Waals surface area (Å²) in [5.41, 5.74) is 3.83. The molecule has 0 bridgehead atoms. The second kappa shape index (κ2) is 5.21. The molecule has 0 radical (unpaired) electrons. The second-order valence-electron chi connectivity index (χ2n) is 7.14. The van der Waals surface area contributed by atoms with E-state index in [1.807, 2.05) is 6.92 Å². The van der Waals surface area contributed by atoms with Crippen molar-refractivity contribution in [3.63, 3.8) is 0 Å². The predicted octanol–water partition coefficient (Wildman–Crippen LogP) is 2.86. The number of rotatable bonds is 5. The van der Waals surface area contributed by atoms with E-state index in [4.69, 9.17) is 0 Å². The number of fused-ring (bicyclic) bond motifs is 3. The second-order valence-corrected chi connectivity index (χ2v) is 7.14. The summed E-state index contributed by atoms with van der Waals surface area (Å²) in [6, 6.07) is 0. The zero-order valence-electron chi connectivity index (χ0n) is 13.8. The Morgan fingerprint density at radius 1 is 1.32 bits per heavy atom. The molecule has 1 aromatic heterocycles. The summed E-state index contributed by atoms with van der Waals surface area (Å²) >= 11 is 0. The van der Waals surface area contributed by atoms with Crippen molar-refractivity contribution >= 4 is 11.9 Å². The molecule has 5 heteroatoms. The molecule has 120 valence electrons. The van der Waals surface area contributed by atoms with Gasteiger partial charge >= 0.3 is 5.97 Å². The van der Waals surface area contributed by atoms with Crippen molar-refractivity contribution in [2.24, 2.45) is 11.3 Å². The van der Waals surface area contributed by atoms with Crippen LogP contribution in [0.1, 0.15) is 67.2 Å². The molecule has 1 aromatic rings. The summed E-state index contributed by atoms with van der Waals surface area (Å²) in [5, 5.41) is 4.48. The van der Waals surface area contributed by atoms with E-state index >= 15 is 0 Å². The van der Waals surface area contributed by atoms with Crippen molar-refractivity contribution in [2.75, 3.05) is 7.11 Å². The minimum absolute atomic E-state index is 0.0494. The first-order chi connectivity index (χ1) is 10.4. The average Bonchev–Trinajstić information content (AvgIpc) is 2.85. The number of carbonyl (C=O) groups is 2. The maximum Gasteiger partial charge on any atom is 0.305 e. The Kier molecular flexibility index (Phi) is 3.62. The van der Waals surface area contributed by atoms with E-state index in [-0.39, 0.29) is 11.9 Å². The number of nitrogens with zero attached hydrogens (tertiary/aromatic N) is 2. The minimum atomic E-state index is -0.217. The molecule has 0 amide bonds. The molecule has 0 saturated heterocycles. The maximum atomic E-state index is 12.4. The molecule has 1 fully saturated rings. The number of hydrogen-bond donors (Lipinski definition) is 0. The van der Waals surface area contributed by atoms with Crippen molar-refractivity contribution in [1.82, 2.24) is 9.78 Å². The van der Waals surface area contributed by atoms with Crippen molar-refractivity contribution in [3.05, 3.63) is 17.0 Å². The molecule has 0 spiro atoms. The van der Waals surface area contributed by atoms with Crippen LogP contribution < -0.4 is 0 Å². The molecule has 22 heavy (non-hydrogen) atoms. The number of ether oxygens (including phenoxy) is 1. The molecule has 5 nitrogen and oxygen atoms in total. The van der Waals surface area contributed by atoms with Crippen molar-refractivity contribution in [1.29, 1.82) is 0 Å². The van der Waals surface area contributed by atoms with Gasteiger partial charge in [0.1, 0.15) is 0 Å². The van der Waals surface area contributed by atoms with Crippen LogP contribution in [0, 0.1) is 18.3 Å². The lowest BCUT2D eigenvalue weighted by atomic mass is 9.98. The Bertz CT molecular complexity index is 630. The zero-order chi connectivity index (χ0) is 16.1. The Morgan fingerprint density at radius 2 is 2.00 bits per heavy atom. The van der Waals surface area contributed by atoms with Crippen molar-refractivity contribution < 1.29 is 14.3 Å². The van der Waals surface area contributed by atoms with Crippen LogP contribution in [-0.2, 0) is 16.0 Å². The zero-order valence-corrected chi connectivity index (χ0v) is 13.8. The standard InChI is InChI=1S/C17H24N2O3/c1-10-15-12(9-11-16(15)17(11,2)3)19(18-10)13(20)7-5-6-8-14(21)22-4/h11,16H,5-9H2,1-4H3/t11-,16+/m0/s1. The Hall–Kier alpha value is -1.65. The van der Waals surface area contributed by atoms with Gasteiger partial charge in [0.15, 0.2) is 0 Å². The van der Waals surface area contributed by atoms with Crippen LogP contribution in [0.25, 0.3) is 0 Å². The molecule has 0 unspecified atom stereocenters. The summed E-state index contributed by atoms with van der Waals surface area (Å²) in [4.78, 5) is 23.5. The van der Waals surface area contributed by atoms with E-state index < -0.39 is 0 Å². The lowest BCUT2D eigenvalue weighted by Crippen LogP contribution is -2.16. The first-order valence-electron chi connectivity index (χ1n) is 8.06. The van der Waals surface area contributed by atoms with Crippen molar-refractivity contribution in [2.45, 2.75) is 58.8 Å². The lowest BCUT2D eigenvalue weighted by Gasteiger charge is -2.10. The number of esters is 1. The van der Waals surface area contributed by atoms with E-state index in [2.05, 4.69) is 23.7 Å². The molecule has 0 aromatic carbocycles. The van der Waals surface area contributed by atoms with Gasteiger partial charge < -0.3 is 4.74 Å². The molecule has 2 atom stereocenters. The average molecular weight is 304 g/mol. The van der Waals surface area contributed by atoms with Gasteiger partial charge in [-0.25, -0.2) is 4.68 Å². The van der Waals surface area contributed by atoms with E-state index in [0.717, 1.165) is 17.8 Å². The molecule has 1 heterocycles. The first kappa shape index (κ1) is 15.3. The molecule has 1 saturated carbocycles. The van der Waals surface area contributed by atoms with Crippen LogP contribution in [0.15, 0.2) is 0 Å². The number of methoxy groups -OCH3 is 1.